The van der Waals surface area contributed by atoms with E-state index in [2.05, 4.69) is 10.6 Å². The molecule has 0 aromatic carbocycles. The van der Waals surface area contributed by atoms with Crippen molar-refractivity contribution in [2.24, 2.45) is 5.92 Å². The van der Waals surface area contributed by atoms with Crippen LogP contribution in [0.2, 0.25) is 0 Å². The largest absolute Gasteiger partial charge is 0.356 e. The summed E-state index contributed by atoms with van der Waals surface area (Å²) in [5.74, 6) is 0.642. The van der Waals surface area contributed by atoms with Crippen LogP contribution in [0.5, 0.6) is 0 Å². The van der Waals surface area contributed by atoms with E-state index in [0.717, 1.165) is 31.8 Å². The van der Waals surface area contributed by atoms with Crippen molar-refractivity contribution in [3.63, 3.8) is 0 Å². The quantitative estimate of drug-likeness (QED) is 0.613. The summed E-state index contributed by atoms with van der Waals surface area (Å²) in [5.41, 5.74) is 0. The molecule has 13 heavy (non-hydrogen) atoms. The highest BCUT2D eigenvalue weighted by molar-refractivity contribution is 5.80. The van der Waals surface area contributed by atoms with Crippen molar-refractivity contribution in [2.45, 2.75) is 38.1 Å². The van der Waals surface area contributed by atoms with Gasteiger partial charge in [0.2, 0.25) is 5.91 Å². The molecule has 2 fully saturated rings. The molecular formula is C10H18N2O. The third-order valence-electron chi connectivity index (χ3n) is 2.90. The lowest BCUT2D eigenvalue weighted by molar-refractivity contribution is -0.122. The van der Waals surface area contributed by atoms with E-state index in [4.69, 9.17) is 0 Å². The molecule has 2 N–H and O–H groups in total. The van der Waals surface area contributed by atoms with Crippen LogP contribution in [0.1, 0.15) is 32.1 Å². The summed E-state index contributed by atoms with van der Waals surface area (Å²) in [5, 5.41) is 6.34. The summed E-state index contributed by atoms with van der Waals surface area (Å²) in [6.45, 7) is 2.05. The molecule has 0 aromatic rings. The number of amides is 1. The zero-order valence-corrected chi connectivity index (χ0v) is 8.01. The Morgan fingerprint density at radius 3 is 2.69 bits per heavy atom. The van der Waals surface area contributed by atoms with Gasteiger partial charge in [-0.3, -0.25) is 4.79 Å². The maximum Gasteiger partial charge on any atom is 0.223 e. The number of hydrogen-bond donors (Lipinski definition) is 2. The van der Waals surface area contributed by atoms with E-state index in [-0.39, 0.29) is 5.91 Å². The van der Waals surface area contributed by atoms with E-state index in [1.54, 1.807) is 0 Å². The van der Waals surface area contributed by atoms with Gasteiger partial charge in [0, 0.05) is 18.5 Å². The first-order chi connectivity index (χ1) is 6.36. The molecule has 1 saturated heterocycles. The molecule has 0 radical (unpaired) electrons. The smallest absolute Gasteiger partial charge is 0.223 e. The fourth-order valence-corrected chi connectivity index (χ4v) is 1.64. The van der Waals surface area contributed by atoms with Crippen LogP contribution in [0.3, 0.4) is 0 Å². The van der Waals surface area contributed by atoms with Gasteiger partial charge in [0.05, 0.1) is 0 Å². The highest BCUT2D eigenvalue weighted by Crippen LogP contribution is 2.28. The van der Waals surface area contributed by atoms with E-state index in [0.29, 0.717) is 5.92 Å². The first-order valence-electron chi connectivity index (χ1n) is 5.37. The van der Waals surface area contributed by atoms with Gasteiger partial charge in [0.25, 0.3) is 0 Å². The minimum atomic E-state index is 0.279. The molecule has 3 nitrogen and oxygen atoms in total. The average molecular weight is 182 g/mol. The monoisotopic (exact) mass is 182 g/mol. The van der Waals surface area contributed by atoms with Crippen molar-refractivity contribution in [3.05, 3.63) is 0 Å². The number of carbonyl (C=O) groups is 1. The minimum absolute atomic E-state index is 0.279. The third kappa shape index (κ3) is 2.69. The first-order valence-corrected chi connectivity index (χ1v) is 5.37. The molecule has 74 valence electrons. The Kier molecular flexibility index (Phi) is 2.83. The van der Waals surface area contributed by atoms with Crippen molar-refractivity contribution in [1.82, 2.24) is 10.6 Å². The van der Waals surface area contributed by atoms with Crippen LogP contribution in [-0.4, -0.2) is 25.0 Å². The predicted octanol–water partition coefficient (Wildman–Crippen LogP) is 0.655. The topological polar surface area (TPSA) is 41.1 Å². The summed E-state index contributed by atoms with van der Waals surface area (Å²) in [6, 6.07) is 0.734. The SMILES string of the molecule is O=C(NCCCC1CCN1)C1CC1. The maximum atomic E-state index is 11.2. The molecule has 2 aliphatic rings. The Hall–Kier alpha value is -0.570. The van der Waals surface area contributed by atoms with Crippen LogP contribution in [0, 0.1) is 5.92 Å². The molecule has 1 aliphatic heterocycles. The standard InChI is InChI=1S/C10H18N2O/c13-10(8-3-4-8)12-6-1-2-9-5-7-11-9/h8-9,11H,1-7H2,(H,12,13). The summed E-state index contributed by atoms with van der Waals surface area (Å²) in [6.07, 6.45) is 5.86. The molecule has 1 aliphatic carbocycles. The molecule has 0 aromatic heterocycles. The molecule has 1 amide bonds. The molecule has 0 bridgehead atoms. The first kappa shape index (κ1) is 9.00. The summed E-state index contributed by atoms with van der Waals surface area (Å²) in [7, 11) is 0. The van der Waals surface area contributed by atoms with Crippen LogP contribution in [0.25, 0.3) is 0 Å². The molecule has 1 unspecified atom stereocenters. The minimum Gasteiger partial charge on any atom is -0.356 e. The van der Waals surface area contributed by atoms with E-state index >= 15 is 0 Å². The molecule has 1 saturated carbocycles. The fraction of sp³-hybridized carbons (Fsp3) is 0.900. The molecule has 3 heteroatoms. The van der Waals surface area contributed by atoms with E-state index in [1.807, 2.05) is 0 Å². The second-order valence-electron chi connectivity index (χ2n) is 4.15. The average Bonchev–Trinajstić information content (AvgIpc) is 2.82. The third-order valence-corrected chi connectivity index (χ3v) is 2.90. The number of nitrogens with one attached hydrogen (secondary N) is 2. The van der Waals surface area contributed by atoms with Gasteiger partial charge in [0.1, 0.15) is 0 Å². The van der Waals surface area contributed by atoms with Crippen molar-refractivity contribution < 1.29 is 4.79 Å². The molecule has 1 heterocycles. The van der Waals surface area contributed by atoms with E-state index < -0.39 is 0 Å². The van der Waals surface area contributed by atoms with Crippen LogP contribution in [0.15, 0.2) is 0 Å². The number of carbonyl (C=O) groups excluding carboxylic acids is 1. The molecule has 1 atom stereocenters. The Morgan fingerprint density at radius 2 is 2.15 bits per heavy atom. The van der Waals surface area contributed by atoms with Gasteiger partial charge in [0.15, 0.2) is 0 Å². The van der Waals surface area contributed by atoms with Crippen LogP contribution >= 0.6 is 0 Å². The summed E-state index contributed by atoms with van der Waals surface area (Å²) >= 11 is 0. The zero-order chi connectivity index (χ0) is 9.10. The van der Waals surface area contributed by atoms with Crippen LogP contribution in [0.4, 0.5) is 0 Å². The maximum absolute atomic E-state index is 11.2. The predicted molar refractivity (Wildman–Crippen MR) is 51.4 cm³/mol. The van der Waals surface area contributed by atoms with E-state index in [9.17, 15) is 4.79 Å². The van der Waals surface area contributed by atoms with Crippen molar-refractivity contribution in [1.29, 1.82) is 0 Å². The second-order valence-corrected chi connectivity index (χ2v) is 4.15. The van der Waals surface area contributed by atoms with Crippen LogP contribution in [-0.2, 0) is 4.79 Å². The second kappa shape index (κ2) is 4.09. The Morgan fingerprint density at radius 1 is 1.38 bits per heavy atom. The van der Waals surface area contributed by atoms with Gasteiger partial charge >= 0.3 is 0 Å². The molecule has 0 spiro atoms. The molecular weight excluding hydrogens is 164 g/mol. The highest BCUT2D eigenvalue weighted by atomic mass is 16.2. The van der Waals surface area contributed by atoms with E-state index in [1.165, 1.54) is 19.4 Å². The molecule has 2 rings (SSSR count). The van der Waals surface area contributed by atoms with Gasteiger partial charge in [-0.05, 0) is 38.6 Å². The summed E-state index contributed by atoms with van der Waals surface area (Å²) in [4.78, 5) is 11.2. The normalized spacial score (nSPS) is 26.6. The number of rotatable bonds is 5. The Balaban J connectivity index is 1.45. The van der Waals surface area contributed by atoms with Gasteiger partial charge in [-0.2, -0.15) is 0 Å². The summed E-state index contributed by atoms with van der Waals surface area (Å²) < 4.78 is 0. The number of hydrogen-bond acceptors (Lipinski definition) is 2. The lowest BCUT2D eigenvalue weighted by Crippen LogP contribution is -2.43. The van der Waals surface area contributed by atoms with Crippen molar-refractivity contribution in [2.75, 3.05) is 13.1 Å². The Labute approximate surface area is 79.3 Å². The lowest BCUT2D eigenvalue weighted by Gasteiger charge is -2.27. The highest BCUT2D eigenvalue weighted by Gasteiger charge is 2.29. The van der Waals surface area contributed by atoms with Gasteiger partial charge in [-0.1, -0.05) is 0 Å². The zero-order valence-electron chi connectivity index (χ0n) is 8.01. The Bertz CT molecular complexity index is 185. The lowest BCUT2D eigenvalue weighted by atomic mass is 10.0. The van der Waals surface area contributed by atoms with Crippen LogP contribution < -0.4 is 10.6 Å². The van der Waals surface area contributed by atoms with Crippen molar-refractivity contribution >= 4 is 5.91 Å². The van der Waals surface area contributed by atoms with Gasteiger partial charge in [-0.25, -0.2) is 0 Å². The fourth-order valence-electron chi connectivity index (χ4n) is 1.64. The van der Waals surface area contributed by atoms with Gasteiger partial charge < -0.3 is 10.6 Å². The van der Waals surface area contributed by atoms with Crippen molar-refractivity contribution in [3.8, 4) is 0 Å². The van der Waals surface area contributed by atoms with Gasteiger partial charge in [-0.15, -0.1) is 0 Å².